The lowest BCUT2D eigenvalue weighted by Crippen LogP contribution is -2.57. The number of oxazole rings is 1. The number of hydrogen-bond donors (Lipinski definition) is 2. The molecule has 2 N–H and O–H groups in total. The number of likely N-dealkylation sites (N-methyl/N-ethyl adjacent to an activating group) is 1. The van der Waals surface area contributed by atoms with Crippen molar-refractivity contribution in [3.8, 4) is 0 Å². The molecular weight excluding hydrogens is 362 g/mol. The van der Waals surface area contributed by atoms with Gasteiger partial charge in [-0.25, -0.2) is 9.97 Å². The van der Waals surface area contributed by atoms with Crippen molar-refractivity contribution in [3.05, 3.63) is 24.0 Å². The second-order valence-electron chi connectivity index (χ2n) is 7.55. The van der Waals surface area contributed by atoms with Gasteiger partial charge in [-0.15, -0.1) is 0 Å². The minimum absolute atomic E-state index is 0.0431. The monoisotopic (exact) mass is 385 g/mol. The van der Waals surface area contributed by atoms with Crippen molar-refractivity contribution in [2.24, 2.45) is 5.92 Å². The predicted molar refractivity (Wildman–Crippen MR) is 102 cm³/mol. The van der Waals surface area contributed by atoms with Crippen molar-refractivity contribution in [1.82, 2.24) is 19.9 Å². The van der Waals surface area contributed by atoms with Gasteiger partial charge in [0.2, 0.25) is 11.9 Å². The summed E-state index contributed by atoms with van der Waals surface area (Å²) >= 11 is 0. The molecule has 4 heterocycles. The summed E-state index contributed by atoms with van der Waals surface area (Å²) in [7, 11) is 1.88. The fourth-order valence-corrected chi connectivity index (χ4v) is 3.68. The van der Waals surface area contributed by atoms with E-state index >= 15 is 0 Å². The molecule has 0 saturated carbocycles. The summed E-state index contributed by atoms with van der Waals surface area (Å²) in [6, 6.07) is -0.230. The number of amides is 2. The molecule has 2 aliphatic rings. The lowest BCUT2D eigenvalue weighted by Gasteiger charge is -2.40. The topological polar surface area (TPSA) is 116 Å². The van der Waals surface area contributed by atoms with Crippen LogP contribution in [0.5, 0.6) is 0 Å². The number of hydrogen-bond acceptors (Lipinski definition) is 8. The van der Waals surface area contributed by atoms with Crippen LogP contribution in [-0.4, -0.2) is 63.9 Å². The van der Waals surface area contributed by atoms with E-state index in [1.807, 2.05) is 32.7 Å². The largest absolute Gasteiger partial charge is 0.451 e. The minimum Gasteiger partial charge on any atom is -0.451 e. The molecule has 2 aromatic rings. The highest BCUT2D eigenvalue weighted by molar-refractivity contribution is 6.03. The quantitative estimate of drug-likeness (QED) is 0.804. The summed E-state index contributed by atoms with van der Waals surface area (Å²) in [5, 5.41) is 6.21. The van der Waals surface area contributed by atoms with Crippen molar-refractivity contribution in [1.29, 1.82) is 0 Å². The molecule has 0 bridgehead atoms. The standard InChI is InChI=1S/C18H23N7O3/c1-9(2)14-16(26)22-13-10(3)20-18(23-15(13)24(14)4)21-11-5-25(6-11)17(27)12-7-28-8-19-12/h7-9,11,14H,5-6H2,1-4H3,(H,22,26)(H,20,21,23)/t14-/m0/s1. The molecule has 1 fully saturated rings. The molecule has 28 heavy (non-hydrogen) atoms. The van der Waals surface area contributed by atoms with Crippen LogP contribution in [0.15, 0.2) is 17.1 Å². The number of carbonyl (C=O) groups excluding carboxylic acids is 2. The van der Waals surface area contributed by atoms with Gasteiger partial charge < -0.3 is 24.9 Å². The zero-order valence-corrected chi connectivity index (χ0v) is 16.3. The number of aromatic nitrogens is 3. The van der Waals surface area contributed by atoms with E-state index in [0.29, 0.717) is 41.9 Å². The number of fused-ring (bicyclic) bond motifs is 1. The van der Waals surface area contributed by atoms with Crippen LogP contribution < -0.4 is 15.5 Å². The first-order valence-electron chi connectivity index (χ1n) is 9.21. The average molecular weight is 385 g/mol. The molecule has 2 amide bonds. The van der Waals surface area contributed by atoms with Gasteiger partial charge in [-0.05, 0) is 12.8 Å². The number of nitrogens with zero attached hydrogens (tertiary/aromatic N) is 5. The number of aryl methyl sites for hydroxylation is 1. The van der Waals surface area contributed by atoms with Gasteiger partial charge in [-0.2, -0.15) is 4.98 Å². The van der Waals surface area contributed by atoms with Gasteiger partial charge in [0.1, 0.15) is 18.0 Å². The normalized spacial score (nSPS) is 19.3. The molecule has 1 atom stereocenters. The number of rotatable bonds is 4. The molecule has 148 valence electrons. The maximum atomic E-state index is 12.4. The average Bonchev–Trinajstić information content (AvgIpc) is 3.12. The zero-order chi connectivity index (χ0) is 20.0. The molecule has 4 rings (SSSR count). The highest BCUT2D eigenvalue weighted by Gasteiger charge is 2.36. The second kappa shape index (κ2) is 6.77. The Morgan fingerprint density at radius 2 is 2.11 bits per heavy atom. The first kappa shape index (κ1) is 18.2. The Morgan fingerprint density at radius 3 is 2.75 bits per heavy atom. The van der Waals surface area contributed by atoms with Crippen LogP contribution in [0.1, 0.15) is 30.0 Å². The van der Waals surface area contributed by atoms with Gasteiger partial charge in [-0.1, -0.05) is 13.8 Å². The van der Waals surface area contributed by atoms with Crippen molar-refractivity contribution in [2.45, 2.75) is 32.9 Å². The third-order valence-electron chi connectivity index (χ3n) is 5.12. The Morgan fingerprint density at radius 1 is 1.36 bits per heavy atom. The van der Waals surface area contributed by atoms with Crippen molar-refractivity contribution < 1.29 is 14.0 Å². The number of carbonyl (C=O) groups is 2. The van der Waals surface area contributed by atoms with E-state index in [1.54, 1.807) is 4.90 Å². The molecule has 2 aliphatic heterocycles. The van der Waals surface area contributed by atoms with Gasteiger partial charge in [-0.3, -0.25) is 9.59 Å². The smallest absolute Gasteiger partial charge is 0.275 e. The van der Waals surface area contributed by atoms with Crippen LogP contribution in [0.4, 0.5) is 17.5 Å². The van der Waals surface area contributed by atoms with Crippen molar-refractivity contribution in [2.75, 3.05) is 35.7 Å². The van der Waals surface area contributed by atoms with E-state index in [2.05, 4.69) is 25.6 Å². The van der Waals surface area contributed by atoms with Crippen molar-refractivity contribution in [3.63, 3.8) is 0 Å². The summed E-state index contributed by atoms with van der Waals surface area (Å²) in [4.78, 5) is 41.2. The van der Waals surface area contributed by atoms with Crippen LogP contribution in [0.25, 0.3) is 0 Å². The van der Waals surface area contributed by atoms with Gasteiger partial charge >= 0.3 is 0 Å². The lowest BCUT2D eigenvalue weighted by molar-refractivity contribution is -0.118. The van der Waals surface area contributed by atoms with Gasteiger partial charge in [0.05, 0.1) is 11.7 Å². The SMILES string of the molecule is Cc1nc(NC2CN(C(=O)c3cocn3)C2)nc2c1NC(=O)[C@H](C(C)C)N2C. The van der Waals surface area contributed by atoms with Crippen LogP contribution in [0, 0.1) is 12.8 Å². The summed E-state index contributed by atoms with van der Waals surface area (Å²) in [5.74, 6) is 1.13. The van der Waals surface area contributed by atoms with E-state index in [-0.39, 0.29) is 29.8 Å². The Kier molecular flexibility index (Phi) is 4.40. The molecule has 1 saturated heterocycles. The van der Waals surface area contributed by atoms with Crippen molar-refractivity contribution >= 4 is 29.3 Å². The Bertz CT molecular complexity index is 906. The fourth-order valence-electron chi connectivity index (χ4n) is 3.68. The Balaban J connectivity index is 1.47. The molecule has 10 nitrogen and oxygen atoms in total. The van der Waals surface area contributed by atoms with Crippen LogP contribution in [0.2, 0.25) is 0 Å². The highest BCUT2D eigenvalue weighted by atomic mass is 16.3. The third kappa shape index (κ3) is 3.04. The summed E-state index contributed by atoms with van der Waals surface area (Å²) < 4.78 is 4.86. The maximum absolute atomic E-state index is 12.4. The third-order valence-corrected chi connectivity index (χ3v) is 5.12. The van der Waals surface area contributed by atoms with E-state index in [0.717, 1.165) is 0 Å². The zero-order valence-electron chi connectivity index (χ0n) is 16.3. The first-order chi connectivity index (χ1) is 13.3. The fraction of sp³-hybridized carbons (Fsp3) is 0.500. The molecule has 10 heteroatoms. The van der Waals surface area contributed by atoms with Gasteiger partial charge in [0.25, 0.3) is 5.91 Å². The molecule has 0 radical (unpaired) electrons. The Labute approximate surface area is 162 Å². The molecular formula is C18H23N7O3. The van der Waals surface area contributed by atoms with Gasteiger partial charge in [0, 0.05) is 20.1 Å². The van der Waals surface area contributed by atoms with Crippen LogP contribution in [-0.2, 0) is 4.79 Å². The maximum Gasteiger partial charge on any atom is 0.275 e. The highest BCUT2D eigenvalue weighted by Crippen LogP contribution is 2.34. The van der Waals surface area contributed by atoms with Crippen LogP contribution in [0.3, 0.4) is 0 Å². The van der Waals surface area contributed by atoms with Gasteiger partial charge in [0.15, 0.2) is 17.9 Å². The summed E-state index contributed by atoms with van der Waals surface area (Å²) in [5.41, 5.74) is 1.65. The molecule has 2 aromatic heterocycles. The van der Waals surface area contributed by atoms with Crippen LogP contribution >= 0.6 is 0 Å². The molecule has 0 unspecified atom stereocenters. The van der Waals surface area contributed by atoms with E-state index in [9.17, 15) is 9.59 Å². The van der Waals surface area contributed by atoms with E-state index in [1.165, 1.54) is 12.7 Å². The predicted octanol–water partition coefficient (Wildman–Crippen LogP) is 1.12. The Hall–Kier alpha value is -3.17. The minimum atomic E-state index is -0.283. The first-order valence-corrected chi connectivity index (χ1v) is 9.21. The lowest BCUT2D eigenvalue weighted by atomic mass is 9.99. The summed E-state index contributed by atoms with van der Waals surface area (Å²) in [6.07, 6.45) is 2.58. The number of likely N-dealkylation sites (tertiary alicyclic amines) is 1. The summed E-state index contributed by atoms with van der Waals surface area (Å²) in [6.45, 7) is 6.93. The van der Waals surface area contributed by atoms with E-state index in [4.69, 9.17) is 4.42 Å². The number of nitrogens with one attached hydrogen (secondary N) is 2. The second-order valence-corrected chi connectivity index (χ2v) is 7.55. The molecule has 0 aliphatic carbocycles. The molecule has 0 spiro atoms. The number of anilines is 3. The van der Waals surface area contributed by atoms with E-state index < -0.39 is 0 Å². The molecule has 0 aromatic carbocycles.